The van der Waals surface area contributed by atoms with E-state index in [-0.39, 0.29) is 22.5 Å². The molecule has 0 aliphatic rings. The molecule has 3 aromatic rings. The average molecular weight is 372 g/mol. The van der Waals surface area contributed by atoms with E-state index in [0.29, 0.717) is 33.9 Å². The zero-order valence-electron chi connectivity index (χ0n) is 15.7. The maximum Gasteiger partial charge on any atom is 0.238 e. The third-order valence-corrected chi connectivity index (χ3v) is 4.55. The van der Waals surface area contributed by atoms with Crippen molar-refractivity contribution in [2.24, 2.45) is 0 Å². The van der Waals surface area contributed by atoms with Gasteiger partial charge in [0.15, 0.2) is 17.3 Å². The first-order chi connectivity index (χ1) is 12.9. The molecular formula is C20H20O7. The van der Waals surface area contributed by atoms with E-state index in [0.717, 1.165) is 0 Å². The van der Waals surface area contributed by atoms with Gasteiger partial charge in [0.2, 0.25) is 11.2 Å². The van der Waals surface area contributed by atoms with Crippen LogP contribution in [0.2, 0.25) is 0 Å². The first kappa shape index (κ1) is 18.4. The lowest BCUT2D eigenvalue weighted by Gasteiger charge is -2.16. The van der Waals surface area contributed by atoms with Gasteiger partial charge in [-0.05, 0) is 26.0 Å². The molecule has 2 aromatic carbocycles. The first-order valence-electron chi connectivity index (χ1n) is 8.14. The fourth-order valence-electron chi connectivity index (χ4n) is 3.24. The standard InChI is InChI=1S/C20H20O7/c1-9-14(21)13-15(22)16(23)20(27-18(13)10(2)17(9)25-4)11-7-6-8-12(24-3)19(11)26-5/h6-8,21,23H,1-5H3. The van der Waals surface area contributed by atoms with Crippen LogP contribution in [0.15, 0.2) is 27.4 Å². The number of hydrogen-bond donors (Lipinski definition) is 2. The van der Waals surface area contributed by atoms with Crippen molar-refractivity contribution in [2.75, 3.05) is 21.3 Å². The molecule has 0 aliphatic carbocycles. The molecule has 27 heavy (non-hydrogen) atoms. The summed E-state index contributed by atoms with van der Waals surface area (Å²) in [6, 6.07) is 4.99. The number of para-hydroxylation sites is 1. The van der Waals surface area contributed by atoms with Gasteiger partial charge in [0, 0.05) is 11.1 Å². The zero-order valence-corrected chi connectivity index (χ0v) is 15.7. The van der Waals surface area contributed by atoms with Gasteiger partial charge in [0.05, 0.1) is 26.9 Å². The molecule has 7 nitrogen and oxygen atoms in total. The summed E-state index contributed by atoms with van der Waals surface area (Å²) in [6.45, 7) is 3.33. The van der Waals surface area contributed by atoms with Crippen molar-refractivity contribution in [3.8, 4) is 40.1 Å². The molecule has 142 valence electrons. The Hall–Kier alpha value is -3.35. The second-order valence-corrected chi connectivity index (χ2v) is 5.99. The predicted molar refractivity (Wildman–Crippen MR) is 100 cm³/mol. The summed E-state index contributed by atoms with van der Waals surface area (Å²) < 4.78 is 21.9. The lowest BCUT2D eigenvalue weighted by molar-refractivity contribution is 0.354. The molecule has 3 rings (SSSR count). The van der Waals surface area contributed by atoms with Crippen molar-refractivity contribution >= 4 is 11.0 Å². The minimum atomic E-state index is -0.748. The lowest BCUT2D eigenvalue weighted by atomic mass is 10.0. The van der Waals surface area contributed by atoms with E-state index < -0.39 is 11.2 Å². The molecule has 0 fully saturated rings. The summed E-state index contributed by atoms with van der Waals surface area (Å²) >= 11 is 0. The SMILES string of the molecule is COc1cccc(-c2oc3c(C)c(OC)c(C)c(O)c3c(=O)c2O)c1OC. The molecule has 1 aromatic heterocycles. The van der Waals surface area contributed by atoms with Crippen LogP contribution >= 0.6 is 0 Å². The van der Waals surface area contributed by atoms with Crippen molar-refractivity contribution in [3.63, 3.8) is 0 Å². The van der Waals surface area contributed by atoms with E-state index in [1.165, 1.54) is 21.3 Å². The Labute approximate surface area is 155 Å². The zero-order chi connectivity index (χ0) is 19.9. The summed E-state index contributed by atoms with van der Waals surface area (Å²) in [5, 5.41) is 20.9. The quantitative estimate of drug-likeness (QED) is 0.723. The van der Waals surface area contributed by atoms with E-state index in [9.17, 15) is 15.0 Å². The van der Waals surface area contributed by atoms with Crippen molar-refractivity contribution in [1.82, 2.24) is 0 Å². The Morgan fingerprint density at radius 1 is 0.889 bits per heavy atom. The van der Waals surface area contributed by atoms with E-state index in [1.54, 1.807) is 32.0 Å². The Morgan fingerprint density at radius 3 is 2.15 bits per heavy atom. The number of aromatic hydroxyl groups is 2. The van der Waals surface area contributed by atoms with Crippen molar-refractivity contribution in [2.45, 2.75) is 13.8 Å². The largest absolute Gasteiger partial charge is 0.507 e. The van der Waals surface area contributed by atoms with Gasteiger partial charge in [0.25, 0.3) is 0 Å². The summed E-state index contributed by atoms with van der Waals surface area (Å²) in [5.41, 5.74) is 0.635. The molecule has 0 unspecified atom stereocenters. The first-order valence-corrected chi connectivity index (χ1v) is 8.14. The molecule has 1 heterocycles. The highest BCUT2D eigenvalue weighted by Crippen LogP contribution is 2.44. The van der Waals surface area contributed by atoms with Crippen LogP contribution in [0.1, 0.15) is 11.1 Å². The number of benzene rings is 2. The number of fused-ring (bicyclic) bond motifs is 1. The topological polar surface area (TPSA) is 98.4 Å². The summed E-state index contributed by atoms with van der Waals surface area (Å²) in [5.74, 6) is 0.111. The van der Waals surface area contributed by atoms with Gasteiger partial charge in [-0.1, -0.05) is 6.07 Å². The Bertz CT molecular complexity index is 1100. The van der Waals surface area contributed by atoms with Gasteiger partial charge in [-0.2, -0.15) is 0 Å². The molecule has 0 saturated carbocycles. The van der Waals surface area contributed by atoms with Gasteiger partial charge in [-0.3, -0.25) is 4.79 Å². The third-order valence-electron chi connectivity index (χ3n) is 4.55. The van der Waals surface area contributed by atoms with E-state index in [2.05, 4.69) is 0 Å². The van der Waals surface area contributed by atoms with Crippen LogP contribution in [0, 0.1) is 13.8 Å². The maximum atomic E-state index is 12.8. The summed E-state index contributed by atoms with van der Waals surface area (Å²) in [4.78, 5) is 12.8. The van der Waals surface area contributed by atoms with Crippen LogP contribution in [0.3, 0.4) is 0 Å². The molecule has 0 saturated heterocycles. The smallest absolute Gasteiger partial charge is 0.238 e. The van der Waals surface area contributed by atoms with Crippen LogP contribution in [-0.2, 0) is 0 Å². The minimum Gasteiger partial charge on any atom is -0.507 e. The average Bonchev–Trinajstić information content (AvgIpc) is 2.68. The molecule has 0 amide bonds. The van der Waals surface area contributed by atoms with Crippen LogP contribution in [0.4, 0.5) is 0 Å². The maximum absolute atomic E-state index is 12.8. The molecule has 0 spiro atoms. The number of hydrogen-bond acceptors (Lipinski definition) is 7. The molecule has 0 aliphatic heterocycles. The van der Waals surface area contributed by atoms with E-state index in [1.807, 2.05) is 0 Å². The molecule has 0 bridgehead atoms. The van der Waals surface area contributed by atoms with Gasteiger partial charge >= 0.3 is 0 Å². The van der Waals surface area contributed by atoms with Crippen molar-refractivity contribution in [1.29, 1.82) is 0 Å². The van der Waals surface area contributed by atoms with Crippen LogP contribution < -0.4 is 19.6 Å². The van der Waals surface area contributed by atoms with Crippen molar-refractivity contribution in [3.05, 3.63) is 39.5 Å². The van der Waals surface area contributed by atoms with Gasteiger partial charge in [-0.15, -0.1) is 0 Å². The minimum absolute atomic E-state index is 0.0864. The second kappa shape index (κ2) is 6.75. The Morgan fingerprint density at radius 2 is 1.56 bits per heavy atom. The van der Waals surface area contributed by atoms with Gasteiger partial charge < -0.3 is 28.8 Å². The number of rotatable bonds is 4. The number of phenolic OH excluding ortho intramolecular Hbond substituents is 1. The Kier molecular flexibility index (Phi) is 4.61. The molecule has 7 heteroatoms. The van der Waals surface area contributed by atoms with Crippen molar-refractivity contribution < 1.29 is 28.8 Å². The normalized spacial score (nSPS) is 10.9. The summed E-state index contributed by atoms with van der Waals surface area (Å²) in [7, 11) is 4.39. The fourth-order valence-corrected chi connectivity index (χ4v) is 3.24. The second-order valence-electron chi connectivity index (χ2n) is 5.99. The van der Waals surface area contributed by atoms with E-state index in [4.69, 9.17) is 18.6 Å². The van der Waals surface area contributed by atoms with E-state index >= 15 is 0 Å². The van der Waals surface area contributed by atoms with Crippen LogP contribution in [0.5, 0.6) is 28.7 Å². The third kappa shape index (κ3) is 2.63. The predicted octanol–water partition coefficient (Wildman–Crippen LogP) is 3.51. The van der Waals surface area contributed by atoms with Gasteiger partial charge in [-0.25, -0.2) is 0 Å². The van der Waals surface area contributed by atoms with Crippen LogP contribution in [-0.4, -0.2) is 31.5 Å². The monoisotopic (exact) mass is 372 g/mol. The molecule has 0 radical (unpaired) electrons. The summed E-state index contributed by atoms with van der Waals surface area (Å²) in [6.07, 6.45) is 0. The molecule has 2 N–H and O–H groups in total. The van der Waals surface area contributed by atoms with Crippen LogP contribution in [0.25, 0.3) is 22.3 Å². The number of phenols is 1. The highest BCUT2D eigenvalue weighted by molar-refractivity contribution is 5.93. The lowest BCUT2D eigenvalue weighted by Crippen LogP contribution is -2.06. The van der Waals surface area contributed by atoms with Gasteiger partial charge in [0.1, 0.15) is 22.5 Å². The number of aryl methyl sites for hydroxylation is 1. The fraction of sp³-hybridized carbons (Fsp3) is 0.250. The highest BCUT2D eigenvalue weighted by Gasteiger charge is 2.25. The number of methoxy groups -OCH3 is 3. The Balaban J connectivity index is 2.48. The highest BCUT2D eigenvalue weighted by atomic mass is 16.5. The molecule has 0 atom stereocenters. The molecular weight excluding hydrogens is 352 g/mol. The number of ether oxygens (including phenoxy) is 3.